The molecule has 0 spiro atoms. The van der Waals surface area contributed by atoms with E-state index in [1.807, 2.05) is 18.2 Å². The van der Waals surface area contributed by atoms with Crippen molar-refractivity contribution in [1.29, 1.82) is 0 Å². The minimum atomic E-state index is -0.762. The summed E-state index contributed by atoms with van der Waals surface area (Å²) in [5.41, 5.74) is 8.35. The summed E-state index contributed by atoms with van der Waals surface area (Å²) in [6, 6.07) is 16.5. The lowest BCUT2D eigenvalue weighted by Crippen LogP contribution is -2.28. The van der Waals surface area contributed by atoms with E-state index in [0.717, 1.165) is 11.6 Å². The van der Waals surface area contributed by atoms with Gasteiger partial charge < -0.3 is 10.8 Å². The Kier molecular flexibility index (Phi) is 6.24. The van der Waals surface area contributed by atoms with Crippen molar-refractivity contribution >= 4 is 55.3 Å². The van der Waals surface area contributed by atoms with E-state index in [0.29, 0.717) is 48.5 Å². The molecule has 9 nitrogen and oxygen atoms in total. The first-order valence-corrected chi connectivity index (χ1v) is 12.9. The van der Waals surface area contributed by atoms with Crippen LogP contribution >= 0.6 is 27.5 Å². The Balaban J connectivity index is 1.56. The first-order chi connectivity index (χ1) is 18.8. The monoisotopic (exact) mass is 605 g/mol. The third-order valence-electron chi connectivity index (χ3n) is 6.37. The van der Waals surface area contributed by atoms with Crippen molar-refractivity contribution in [1.82, 2.24) is 29.3 Å². The van der Waals surface area contributed by atoms with Crippen molar-refractivity contribution in [2.24, 2.45) is 0 Å². The molecule has 0 atom stereocenters. The second-order valence-electron chi connectivity index (χ2n) is 8.77. The second kappa shape index (κ2) is 9.75. The third-order valence-corrected chi connectivity index (χ3v) is 7.40. The lowest BCUT2D eigenvalue weighted by molar-refractivity contribution is 0.432. The average molecular weight is 607 g/mol. The molecule has 0 unspecified atom stereocenters. The largest absolute Gasteiger partial charge is 0.505 e. The SMILES string of the molecule is Nc1ncnc2c1c(-c1ccc(F)c(O)c1)nn2Cc1nc2cccc(Br)c2c(=O)n1Cc1ccccc1Cl. The van der Waals surface area contributed by atoms with Crippen molar-refractivity contribution in [3.63, 3.8) is 0 Å². The highest BCUT2D eigenvalue weighted by molar-refractivity contribution is 9.10. The number of phenols is 1. The predicted molar refractivity (Wildman–Crippen MR) is 150 cm³/mol. The Bertz CT molecular complexity index is 1970. The van der Waals surface area contributed by atoms with Crippen LogP contribution in [0.4, 0.5) is 10.2 Å². The summed E-state index contributed by atoms with van der Waals surface area (Å²) >= 11 is 9.92. The van der Waals surface area contributed by atoms with Crippen LogP contribution < -0.4 is 11.3 Å². The molecular formula is C27H18BrClFN7O2. The molecule has 0 amide bonds. The molecule has 0 radical (unpaired) electrons. The van der Waals surface area contributed by atoms with Crippen LogP contribution in [0, 0.1) is 5.82 Å². The minimum Gasteiger partial charge on any atom is -0.505 e. The first-order valence-electron chi connectivity index (χ1n) is 11.7. The fraction of sp³-hybridized carbons (Fsp3) is 0.0741. The number of fused-ring (bicyclic) bond motifs is 2. The number of nitrogen functional groups attached to an aromatic ring is 1. The molecule has 3 heterocycles. The van der Waals surface area contributed by atoms with Crippen LogP contribution in [-0.2, 0) is 13.1 Å². The molecule has 0 fully saturated rings. The van der Waals surface area contributed by atoms with Crippen LogP contribution in [0.5, 0.6) is 5.75 Å². The van der Waals surface area contributed by atoms with Gasteiger partial charge in [0.05, 0.1) is 22.8 Å². The second-order valence-corrected chi connectivity index (χ2v) is 10.0. The topological polar surface area (TPSA) is 125 Å². The number of nitrogens with zero attached hydrogens (tertiary/aromatic N) is 6. The third kappa shape index (κ3) is 4.39. The number of anilines is 1. The number of benzene rings is 3. The number of hydrogen-bond donors (Lipinski definition) is 2. The number of halogens is 3. The molecule has 0 saturated carbocycles. The first kappa shape index (κ1) is 25.0. The summed E-state index contributed by atoms with van der Waals surface area (Å²) in [5.74, 6) is -0.725. The van der Waals surface area contributed by atoms with E-state index in [2.05, 4.69) is 31.0 Å². The van der Waals surface area contributed by atoms with Gasteiger partial charge in [-0.3, -0.25) is 9.36 Å². The van der Waals surface area contributed by atoms with E-state index < -0.39 is 11.6 Å². The standard InChI is InChI=1S/C27H18BrClFN7O2/c28-16-5-3-7-19-22(16)27(39)36(11-15-4-1-2-6-17(15)29)21(34-19)12-37-26-23(25(31)32-13-33-26)24(35-37)14-8-9-18(30)20(38)10-14/h1-10,13,38H,11-12H2,(H2,31,32,33). The van der Waals surface area contributed by atoms with Crippen molar-refractivity contribution in [3.8, 4) is 17.0 Å². The number of phenolic OH excluding ortho intramolecular Hbond substituents is 1. The van der Waals surface area contributed by atoms with E-state index in [9.17, 15) is 14.3 Å². The fourth-order valence-electron chi connectivity index (χ4n) is 4.49. The highest BCUT2D eigenvalue weighted by Gasteiger charge is 2.21. The summed E-state index contributed by atoms with van der Waals surface area (Å²) in [5, 5.41) is 16.0. The molecule has 194 valence electrons. The smallest absolute Gasteiger partial charge is 0.262 e. The Morgan fingerprint density at radius 3 is 2.64 bits per heavy atom. The maximum Gasteiger partial charge on any atom is 0.262 e. The van der Waals surface area contributed by atoms with Crippen molar-refractivity contribution in [2.75, 3.05) is 5.73 Å². The van der Waals surface area contributed by atoms with Gasteiger partial charge in [-0.1, -0.05) is 35.9 Å². The number of hydrogen-bond acceptors (Lipinski definition) is 7. The zero-order valence-electron chi connectivity index (χ0n) is 20.0. The van der Waals surface area contributed by atoms with Crippen LogP contribution in [0.1, 0.15) is 11.4 Å². The summed E-state index contributed by atoms with van der Waals surface area (Å²) in [6.07, 6.45) is 1.31. The maximum atomic E-state index is 13.8. The molecule has 3 N–H and O–H groups in total. The highest BCUT2D eigenvalue weighted by Crippen LogP contribution is 2.33. The van der Waals surface area contributed by atoms with Gasteiger partial charge in [-0.15, -0.1) is 0 Å². The number of aromatic nitrogens is 6. The Labute approximate surface area is 233 Å². The van der Waals surface area contributed by atoms with Crippen molar-refractivity contribution in [2.45, 2.75) is 13.1 Å². The highest BCUT2D eigenvalue weighted by atomic mass is 79.9. The zero-order chi connectivity index (χ0) is 27.3. The lowest BCUT2D eigenvalue weighted by Gasteiger charge is -2.15. The zero-order valence-corrected chi connectivity index (χ0v) is 22.4. The van der Waals surface area contributed by atoms with Gasteiger partial charge in [-0.05, 0) is 57.9 Å². The number of nitrogens with two attached hydrogens (primary N) is 1. The molecule has 12 heteroatoms. The van der Waals surface area contributed by atoms with Crippen LogP contribution in [0.2, 0.25) is 5.02 Å². The Hall–Kier alpha value is -4.35. The molecule has 3 aromatic carbocycles. The molecule has 3 aromatic heterocycles. The molecule has 0 bridgehead atoms. The predicted octanol–water partition coefficient (Wildman–Crippen LogP) is 5.14. The van der Waals surface area contributed by atoms with Crippen LogP contribution in [0.3, 0.4) is 0 Å². The fourth-order valence-corrected chi connectivity index (χ4v) is 5.21. The number of aromatic hydroxyl groups is 1. The molecule has 0 saturated heterocycles. The van der Waals surface area contributed by atoms with Gasteiger partial charge in [-0.25, -0.2) is 24.0 Å². The quantitative estimate of drug-likeness (QED) is 0.278. The molecule has 0 aliphatic carbocycles. The Morgan fingerprint density at radius 1 is 1.03 bits per heavy atom. The van der Waals surface area contributed by atoms with Gasteiger partial charge >= 0.3 is 0 Å². The molecule has 0 aliphatic heterocycles. The molecule has 6 rings (SSSR count). The van der Waals surface area contributed by atoms with Gasteiger partial charge in [-0.2, -0.15) is 5.10 Å². The average Bonchev–Trinajstić information content (AvgIpc) is 3.28. The van der Waals surface area contributed by atoms with Gasteiger partial charge in [0.1, 0.15) is 30.2 Å². The van der Waals surface area contributed by atoms with Crippen molar-refractivity contribution < 1.29 is 9.50 Å². The van der Waals surface area contributed by atoms with E-state index in [1.165, 1.54) is 18.5 Å². The van der Waals surface area contributed by atoms with Crippen molar-refractivity contribution in [3.05, 3.63) is 104 Å². The number of rotatable bonds is 5. The minimum absolute atomic E-state index is 0.0439. The van der Waals surface area contributed by atoms with Gasteiger partial charge in [0.25, 0.3) is 5.56 Å². The molecule has 6 aromatic rings. The van der Waals surface area contributed by atoms with Crippen LogP contribution in [0.25, 0.3) is 33.2 Å². The summed E-state index contributed by atoms with van der Waals surface area (Å²) < 4.78 is 17.5. The summed E-state index contributed by atoms with van der Waals surface area (Å²) in [7, 11) is 0. The van der Waals surface area contributed by atoms with Crippen LogP contribution in [0.15, 0.2) is 76.3 Å². The normalized spacial score (nSPS) is 11.5. The molecule has 0 aliphatic rings. The molecule has 39 heavy (non-hydrogen) atoms. The summed E-state index contributed by atoms with van der Waals surface area (Å²) in [4.78, 5) is 27.1. The van der Waals surface area contributed by atoms with Gasteiger partial charge in [0, 0.05) is 15.1 Å². The lowest BCUT2D eigenvalue weighted by atomic mass is 10.1. The van der Waals surface area contributed by atoms with Gasteiger partial charge in [0.2, 0.25) is 0 Å². The maximum absolute atomic E-state index is 13.8. The van der Waals surface area contributed by atoms with Gasteiger partial charge in [0.15, 0.2) is 17.2 Å². The molecular weight excluding hydrogens is 589 g/mol. The van der Waals surface area contributed by atoms with E-state index in [4.69, 9.17) is 22.3 Å². The van der Waals surface area contributed by atoms with Crippen LogP contribution in [-0.4, -0.2) is 34.4 Å². The van der Waals surface area contributed by atoms with E-state index in [1.54, 1.807) is 33.5 Å². The summed E-state index contributed by atoms with van der Waals surface area (Å²) in [6.45, 7) is 0.218. The van der Waals surface area contributed by atoms with E-state index in [-0.39, 0.29) is 24.5 Å². The Morgan fingerprint density at radius 2 is 1.85 bits per heavy atom. The van der Waals surface area contributed by atoms with E-state index >= 15 is 0 Å².